The maximum absolute atomic E-state index is 11.8. The van der Waals surface area contributed by atoms with Gasteiger partial charge >= 0.3 is 0 Å². The molecule has 0 radical (unpaired) electrons. The molecule has 0 spiro atoms. The van der Waals surface area contributed by atoms with Crippen molar-refractivity contribution in [3.63, 3.8) is 0 Å². The van der Waals surface area contributed by atoms with Crippen LogP contribution in [0.1, 0.15) is 28.2 Å². The van der Waals surface area contributed by atoms with Crippen molar-refractivity contribution in [2.45, 2.75) is 33.1 Å². The number of carbonyl (C=O) groups is 1. The van der Waals surface area contributed by atoms with Crippen molar-refractivity contribution < 1.29 is 4.79 Å². The van der Waals surface area contributed by atoms with E-state index in [-0.39, 0.29) is 5.91 Å². The lowest BCUT2D eigenvalue weighted by Crippen LogP contribution is -2.46. The Balaban J connectivity index is 1.56. The highest BCUT2D eigenvalue weighted by Gasteiger charge is 2.09. The van der Waals surface area contributed by atoms with Crippen LogP contribution in [0.3, 0.4) is 0 Å². The van der Waals surface area contributed by atoms with E-state index in [0.717, 1.165) is 52.1 Å². The van der Waals surface area contributed by atoms with E-state index in [1.165, 1.54) is 15.3 Å². The van der Waals surface area contributed by atoms with Gasteiger partial charge in [0.1, 0.15) is 0 Å². The van der Waals surface area contributed by atoms with E-state index in [9.17, 15) is 4.79 Å². The lowest BCUT2D eigenvalue weighted by molar-refractivity contribution is -0.121. The molecule has 21 heavy (non-hydrogen) atoms. The molecule has 1 aromatic heterocycles. The third-order valence-corrected chi connectivity index (χ3v) is 4.96. The van der Waals surface area contributed by atoms with Crippen LogP contribution in [-0.4, -0.2) is 50.1 Å². The lowest BCUT2D eigenvalue weighted by atomic mass is 10.1. The fraction of sp³-hybridized carbons (Fsp3) is 0.688. The molecule has 1 aliphatic heterocycles. The van der Waals surface area contributed by atoms with Crippen LogP contribution in [0.25, 0.3) is 0 Å². The SMILES string of the molecule is Cc1cc(CCCC(=O)NCCN2CCNCC2)c(C)s1. The number of piperazine rings is 1. The van der Waals surface area contributed by atoms with Crippen LogP contribution in [0.5, 0.6) is 0 Å². The van der Waals surface area contributed by atoms with Crippen LogP contribution in [0, 0.1) is 13.8 Å². The van der Waals surface area contributed by atoms with Crippen molar-refractivity contribution >= 4 is 17.2 Å². The largest absolute Gasteiger partial charge is 0.355 e. The molecular formula is C16H27N3OS. The van der Waals surface area contributed by atoms with Crippen LogP contribution in [-0.2, 0) is 11.2 Å². The van der Waals surface area contributed by atoms with Crippen LogP contribution in [0.4, 0.5) is 0 Å². The number of rotatable bonds is 7. The molecule has 0 unspecified atom stereocenters. The maximum Gasteiger partial charge on any atom is 0.220 e. The summed E-state index contributed by atoms with van der Waals surface area (Å²) < 4.78 is 0. The van der Waals surface area contributed by atoms with Crippen LogP contribution in [0.15, 0.2) is 6.07 Å². The van der Waals surface area contributed by atoms with E-state index in [0.29, 0.717) is 6.42 Å². The number of nitrogens with one attached hydrogen (secondary N) is 2. The summed E-state index contributed by atoms with van der Waals surface area (Å²) in [5.41, 5.74) is 1.41. The average Bonchev–Trinajstić information content (AvgIpc) is 2.78. The molecule has 1 fully saturated rings. The first-order valence-electron chi connectivity index (χ1n) is 7.91. The Bertz CT molecular complexity index is 452. The molecule has 118 valence electrons. The molecule has 4 nitrogen and oxygen atoms in total. The summed E-state index contributed by atoms with van der Waals surface area (Å²) in [7, 11) is 0. The quantitative estimate of drug-likeness (QED) is 0.806. The molecule has 0 saturated carbocycles. The highest BCUT2D eigenvalue weighted by atomic mass is 32.1. The molecule has 1 aliphatic rings. The van der Waals surface area contributed by atoms with Gasteiger partial charge < -0.3 is 10.6 Å². The number of carbonyl (C=O) groups excluding carboxylic acids is 1. The van der Waals surface area contributed by atoms with Crippen molar-refractivity contribution in [2.24, 2.45) is 0 Å². The molecule has 0 aromatic carbocycles. The Morgan fingerprint density at radius 1 is 1.38 bits per heavy atom. The molecule has 1 saturated heterocycles. The Morgan fingerprint density at radius 3 is 2.81 bits per heavy atom. The van der Waals surface area contributed by atoms with E-state index >= 15 is 0 Å². The van der Waals surface area contributed by atoms with Crippen molar-refractivity contribution in [2.75, 3.05) is 39.3 Å². The number of thiophene rings is 1. The van der Waals surface area contributed by atoms with Gasteiger partial charge in [0.25, 0.3) is 0 Å². The first-order valence-corrected chi connectivity index (χ1v) is 8.72. The molecule has 5 heteroatoms. The predicted molar refractivity (Wildman–Crippen MR) is 89.1 cm³/mol. The molecule has 0 bridgehead atoms. The summed E-state index contributed by atoms with van der Waals surface area (Å²) in [6.45, 7) is 10.4. The third kappa shape index (κ3) is 5.77. The van der Waals surface area contributed by atoms with E-state index in [1.54, 1.807) is 0 Å². The summed E-state index contributed by atoms with van der Waals surface area (Å²) in [6, 6.07) is 2.25. The van der Waals surface area contributed by atoms with E-state index < -0.39 is 0 Å². The second-order valence-electron chi connectivity index (χ2n) is 5.73. The van der Waals surface area contributed by atoms with Gasteiger partial charge in [0, 0.05) is 55.4 Å². The fourth-order valence-electron chi connectivity index (χ4n) is 2.75. The molecule has 2 heterocycles. The van der Waals surface area contributed by atoms with Gasteiger partial charge in [-0.05, 0) is 38.3 Å². The number of aryl methyl sites for hydroxylation is 3. The number of amides is 1. The summed E-state index contributed by atoms with van der Waals surface area (Å²) in [4.78, 5) is 17.0. The van der Waals surface area contributed by atoms with Gasteiger partial charge in [0.05, 0.1) is 0 Å². The lowest BCUT2D eigenvalue weighted by Gasteiger charge is -2.27. The van der Waals surface area contributed by atoms with Gasteiger partial charge in [-0.2, -0.15) is 0 Å². The highest BCUT2D eigenvalue weighted by molar-refractivity contribution is 7.12. The van der Waals surface area contributed by atoms with E-state index in [1.807, 2.05) is 11.3 Å². The first-order chi connectivity index (χ1) is 10.1. The summed E-state index contributed by atoms with van der Waals surface area (Å²) in [5.74, 6) is 0.190. The normalized spacial score (nSPS) is 16.1. The average molecular weight is 309 g/mol. The van der Waals surface area contributed by atoms with Gasteiger partial charge in [0.15, 0.2) is 0 Å². The first kappa shape index (κ1) is 16.5. The topological polar surface area (TPSA) is 44.4 Å². The molecule has 2 rings (SSSR count). The predicted octanol–water partition coefficient (Wildman–Crippen LogP) is 1.71. The third-order valence-electron chi connectivity index (χ3n) is 3.95. The van der Waals surface area contributed by atoms with Gasteiger partial charge in [-0.3, -0.25) is 9.69 Å². The van der Waals surface area contributed by atoms with Crippen molar-refractivity contribution in [1.82, 2.24) is 15.5 Å². The van der Waals surface area contributed by atoms with E-state index in [4.69, 9.17) is 0 Å². The van der Waals surface area contributed by atoms with Crippen LogP contribution in [0.2, 0.25) is 0 Å². The Morgan fingerprint density at radius 2 is 2.14 bits per heavy atom. The second-order valence-corrected chi connectivity index (χ2v) is 7.19. The highest BCUT2D eigenvalue weighted by Crippen LogP contribution is 2.22. The zero-order valence-electron chi connectivity index (χ0n) is 13.2. The fourth-order valence-corrected chi connectivity index (χ4v) is 3.72. The summed E-state index contributed by atoms with van der Waals surface area (Å²) >= 11 is 1.85. The Labute approximate surface area is 131 Å². The number of nitrogens with zero attached hydrogens (tertiary/aromatic N) is 1. The van der Waals surface area contributed by atoms with Gasteiger partial charge in [-0.1, -0.05) is 0 Å². The maximum atomic E-state index is 11.8. The number of hydrogen-bond donors (Lipinski definition) is 2. The zero-order valence-corrected chi connectivity index (χ0v) is 14.0. The van der Waals surface area contributed by atoms with Gasteiger partial charge in [0.2, 0.25) is 5.91 Å². The minimum absolute atomic E-state index is 0.190. The monoisotopic (exact) mass is 309 g/mol. The van der Waals surface area contributed by atoms with Crippen LogP contribution >= 0.6 is 11.3 Å². The van der Waals surface area contributed by atoms with E-state index in [2.05, 4.69) is 35.4 Å². The molecule has 2 N–H and O–H groups in total. The van der Waals surface area contributed by atoms with Gasteiger partial charge in [-0.15, -0.1) is 11.3 Å². The molecular weight excluding hydrogens is 282 g/mol. The molecule has 0 aliphatic carbocycles. The standard InChI is InChI=1S/C16H27N3OS/c1-13-12-15(14(2)21-13)4-3-5-16(20)18-8-11-19-9-6-17-7-10-19/h12,17H,3-11H2,1-2H3,(H,18,20). The summed E-state index contributed by atoms with van der Waals surface area (Å²) in [5, 5.41) is 6.37. The minimum atomic E-state index is 0.190. The van der Waals surface area contributed by atoms with Crippen molar-refractivity contribution in [3.05, 3.63) is 21.4 Å². The number of hydrogen-bond acceptors (Lipinski definition) is 4. The summed E-state index contributed by atoms with van der Waals surface area (Å²) in [6.07, 6.45) is 2.59. The minimum Gasteiger partial charge on any atom is -0.355 e. The second kappa shape index (κ2) is 8.51. The van der Waals surface area contributed by atoms with Gasteiger partial charge in [-0.25, -0.2) is 0 Å². The van der Waals surface area contributed by atoms with Crippen LogP contribution < -0.4 is 10.6 Å². The molecule has 1 aromatic rings. The van der Waals surface area contributed by atoms with Crippen molar-refractivity contribution in [3.8, 4) is 0 Å². The Hall–Kier alpha value is -0.910. The zero-order chi connectivity index (χ0) is 15.1. The smallest absolute Gasteiger partial charge is 0.220 e. The molecule has 0 atom stereocenters. The van der Waals surface area contributed by atoms with Crippen molar-refractivity contribution in [1.29, 1.82) is 0 Å². The molecule has 1 amide bonds. The Kier molecular flexibility index (Phi) is 6.67.